The second-order valence-electron chi connectivity index (χ2n) is 3.96. The molecule has 0 saturated heterocycles. The van der Waals surface area contributed by atoms with Crippen LogP contribution in [0.4, 0.5) is 4.79 Å². The highest BCUT2D eigenvalue weighted by molar-refractivity contribution is 5.83. The fourth-order valence-electron chi connectivity index (χ4n) is 1.32. The summed E-state index contributed by atoms with van der Waals surface area (Å²) in [6.45, 7) is 1.59. The molecule has 10 nitrogen and oxygen atoms in total. The first-order chi connectivity index (χ1) is 9.38. The van der Waals surface area contributed by atoms with Crippen LogP contribution in [0.1, 0.15) is 24.6 Å². The first-order valence-electron chi connectivity index (χ1n) is 5.73. The molecule has 3 amide bonds. The number of aromatic nitrogens is 2. The monoisotopic (exact) mass is 285 g/mol. The number of nitrogens with two attached hydrogens (primary N) is 1. The molecule has 0 aromatic carbocycles. The molecule has 1 aromatic heterocycles. The van der Waals surface area contributed by atoms with Gasteiger partial charge in [-0.05, 0) is 13.3 Å². The summed E-state index contributed by atoms with van der Waals surface area (Å²) in [6, 6.07) is -1.93. The van der Waals surface area contributed by atoms with E-state index < -0.39 is 23.9 Å². The number of nitrogens with one attached hydrogen (secondary N) is 2. The van der Waals surface area contributed by atoms with E-state index in [4.69, 9.17) is 15.4 Å². The first-order valence-corrected chi connectivity index (χ1v) is 5.73. The third kappa shape index (κ3) is 5.33. The predicted octanol–water partition coefficient (Wildman–Crippen LogP) is -1.10. The summed E-state index contributed by atoms with van der Waals surface area (Å²) in [5, 5.41) is 17.0. The van der Waals surface area contributed by atoms with Gasteiger partial charge < -0.3 is 26.0 Å². The van der Waals surface area contributed by atoms with Crippen molar-refractivity contribution < 1.29 is 24.0 Å². The number of hydrogen-bond donors (Lipinski definition) is 4. The number of aliphatic carboxylic acids is 1. The molecule has 0 saturated carbocycles. The van der Waals surface area contributed by atoms with Crippen molar-refractivity contribution in [3.8, 4) is 0 Å². The zero-order valence-electron chi connectivity index (χ0n) is 10.8. The SMILES string of the molecule is Cc1noc(CNC(=O)NC(CCC(N)=O)C(=O)O)n1. The lowest BCUT2D eigenvalue weighted by Crippen LogP contribution is -2.46. The van der Waals surface area contributed by atoms with E-state index in [1.807, 2.05) is 0 Å². The first kappa shape index (κ1) is 15.4. The normalized spacial score (nSPS) is 11.7. The van der Waals surface area contributed by atoms with Gasteiger partial charge in [0, 0.05) is 6.42 Å². The van der Waals surface area contributed by atoms with Gasteiger partial charge in [-0.3, -0.25) is 4.79 Å². The molecule has 1 aromatic rings. The Hall–Kier alpha value is -2.65. The van der Waals surface area contributed by atoms with E-state index in [0.717, 1.165) is 0 Å². The number of urea groups is 1. The Bertz CT molecular complexity index is 500. The van der Waals surface area contributed by atoms with Crippen LogP contribution in [0.25, 0.3) is 0 Å². The van der Waals surface area contributed by atoms with Gasteiger partial charge in [0.05, 0.1) is 6.54 Å². The third-order valence-electron chi connectivity index (χ3n) is 2.25. The van der Waals surface area contributed by atoms with Crippen molar-refractivity contribution in [2.75, 3.05) is 0 Å². The van der Waals surface area contributed by atoms with Gasteiger partial charge >= 0.3 is 12.0 Å². The molecule has 0 aliphatic heterocycles. The predicted molar refractivity (Wildman–Crippen MR) is 64.3 cm³/mol. The van der Waals surface area contributed by atoms with E-state index >= 15 is 0 Å². The van der Waals surface area contributed by atoms with Crippen LogP contribution in [0, 0.1) is 6.92 Å². The Kier molecular flexibility index (Phi) is 5.44. The Balaban J connectivity index is 2.41. The van der Waals surface area contributed by atoms with Crippen molar-refractivity contribution in [1.29, 1.82) is 0 Å². The molecule has 1 atom stereocenters. The highest BCUT2D eigenvalue weighted by atomic mass is 16.5. The summed E-state index contributed by atoms with van der Waals surface area (Å²) >= 11 is 0. The molecule has 0 aliphatic carbocycles. The minimum absolute atomic E-state index is 0.0329. The molecule has 5 N–H and O–H groups in total. The van der Waals surface area contributed by atoms with Crippen LogP contribution >= 0.6 is 0 Å². The smallest absolute Gasteiger partial charge is 0.326 e. The molecule has 1 unspecified atom stereocenters. The second-order valence-corrected chi connectivity index (χ2v) is 3.96. The van der Waals surface area contributed by atoms with Crippen molar-refractivity contribution in [3.05, 3.63) is 11.7 Å². The molecule has 0 fully saturated rings. The standard InChI is InChI=1S/C10H15N5O5/c1-5-13-8(20-15-5)4-12-10(19)14-6(9(17)18)2-3-7(11)16/h6H,2-4H2,1H3,(H2,11,16)(H,17,18)(H2,12,14,19). The average molecular weight is 285 g/mol. The van der Waals surface area contributed by atoms with Crippen molar-refractivity contribution >= 4 is 17.9 Å². The summed E-state index contributed by atoms with van der Waals surface area (Å²) in [5.41, 5.74) is 4.92. The molecule has 0 aliphatic rings. The number of aryl methyl sites for hydroxylation is 1. The van der Waals surface area contributed by atoms with E-state index in [9.17, 15) is 14.4 Å². The van der Waals surface area contributed by atoms with E-state index in [0.29, 0.717) is 5.82 Å². The molecule has 10 heteroatoms. The van der Waals surface area contributed by atoms with Crippen LogP contribution in [-0.2, 0) is 16.1 Å². The van der Waals surface area contributed by atoms with Gasteiger partial charge in [-0.2, -0.15) is 4.98 Å². The van der Waals surface area contributed by atoms with Crippen LogP contribution in [0.5, 0.6) is 0 Å². The lowest BCUT2D eigenvalue weighted by Gasteiger charge is -2.13. The van der Waals surface area contributed by atoms with Crippen LogP contribution in [0.15, 0.2) is 4.52 Å². The van der Waals surface area contributed by atoms with Crippen LogP contribution < -0.4 is 16.4 Å². The Morgan fingerprint density at radius 3 is 2.65 bits per heavy atom. The number of carbonyl (C=O) groups excluding carboxylic acids is 2. The summed E-state index contributed by atoms with van der Waals surface area (Å²) in [7, 11) is 0. The number of primary amides is 1. The van der Waals surface area contributed by atoms with Crippen LogP contribution in [-0.4, -0.2) is 39.2 Å². The lowest BCUT2D eigenvalue weighted by molar-refractivity contribution is -0.139. The Morgan fingerprint density at radius 1 is 1.45 bits per heavy atom. The highest BCUT2D eigenvalue weighted by Gasteiger charge is 2.20. The molecule has 0 bridgehead atoms. The second kappa shape index (κ2) is 7.07. The van der Waals surface area contributed by atoms with E-state index in [1.54, 1.807) is 6.92 Å². The van der Waals surface area contributed by atoms with Gasteiger partial charge in [0.25, 0.3) is 0 Å². The number of rotatable bonds is 7. The third-order valence-corrected chi connectivity index (χ3v) is 2.25. The van der Waals surface area contributed by atoms with Crippen LogP contribution in [0.2, 0.25) is 0 Å². The lowest BCUT2D eigenvalue weighted by atomic mass is 10.1. The largest absolute Gasteiger partial charge is 0.480 e. The summed E-state index contributed by atoms with van der Waals surface area (Å²) < 4.78 is 4.76. The fourth-order valence-corrected chi connectivity index (χ4v) is 1.32. The molecule has 0 radical (unpaired) electrons. The van der Waals surface area contributed by atoms with Gasteiger partial charge in [0.1, 0.15) is 6.04 Å². The molecule has 20 heavy (non-hydrogen) atoms. The summed E-state index contributed by atoms with van der Waals surface area (Å²) in [4.78, 5) is 36.8. The van der Waals surface area contributed by atoms with Crippen molar-refractivity contribution in [3.63, 3.8) is 0 Å². The topological polar surface area (TPSA) is 160 Å². The van der Waals surface area contributed by atoms with Crippen molar-refractivity contribution in [2.45, 2.75) is 32.4 Å². The maximum absolute atomic E-state index is 11.5. The fraction of sp³-hybridized carbons (Fsp3) is 0.500. The minimum Gasteiger partial charge on any atom is -0.480 e. The molecular weight excluding hydrogens is 270 g/mol. The number of nitrogens with zero attached hydrogens (tertiary/aromatic N) is 2. The number of carboxylic acids is 1. The quantitative estimate of drug-likeness (QED) is 0.494. The van der Waals surface area contributed by atoms with Crippen molar-refractivity contribution in [2.24, 2.45) is 5.73 Å². The van der Waals surface area contributed by atoms with E-state index in [2.05, 4.69) is 20.8 Å². The maximum Gasteiger partial charge on any atom is 0.326 e. The molecule has 110 valence electrons. The Morgan fingerprint density at radius 2 is 2.15 bits per heavy atom. The van der Waals surface area contributed by atoms with E-state index in [-0.39, 0.29) is 25.3 Å². The molecule has 1 rings (SSSR count). The van der Waals surface area contributed by atoms with Gasteiger partial charge in [-0.1, -0.05) is 5.16 Å². The zero-order valence-corrected chi connectivity index (χ0v) is 10.8. The zero-order chi connectivity index (χ0) is 15.1. The Labute approximate surface area is 113 Å². The van der Waals surface area contributed by atoms with Gasteiger partial charge in [-0.25, -0.2) is 9.59 Å². The molecular formula is C10H15N5O5. The number of hydrogen-bond acceptors (Lipinski definition) is 6. The summed E-state index contributed by atoms with van der Waals surface area (Å²) in [6.07, 6.45) is -0.224. The average Bonchev–Trinajstić information content (AvgIpc) is 2.77. The van der Waals surface area contributed by atoms with Gasteiger partial charge in [-0.15, -0.1) is 0 Å². The van der Waals surface area contributed by atoms with Gasteiger partial charge in [0.2, 0.25) is 11.8 Å². The minimum atomic E-state index is -1.25. The van der Waals surface area contributed by atoms with Crippen molar-refractivity contribution in [1.82, 2.24) is 20.8 Å². The number of carboxylic acid groups (broad SMARTS) is 1. The maximum atomic E-state index is 11.5. The number of carbonyl (C=O) groups is 3. The molecule has 1 heterocycles. The number of amides is 3. The summed E-state index contributed by atoms with van der Waals surface area (Å²) in [5.74, 6) is -1.27. The molecule has 0 spiro atoms. The highest BCUT2D eigenvalue weighted by Crippen LogP contribution is 1.98. The van der Waals surface area contributed by atoms with Crippen LogP contribution in [0.3, 0.4) is 0 Å². The van der Waals surface area contributed by atoms with Gasteiger partial charge in [0.15, 0.2) is 5.82 Å². The van der Waals surface area contributed by atoms with E-state index in [1.165, 1.54) is 0 Å².